The van der Waals surface area contributed by atoms with Gasteiger partial charge in [0, 0.05) is 24.7 Å². The van der Waals surface area contributed by atoms with Crippen LogP contribution < -0.4 is 17.2 Å². The SMILES string of the molecule is NC[C@H]1O[C@@H](OC2=C[C@@H](O[C@@H]3C(N)C[C@@H](N)C(O)C3O)OC(CO)[C@H]2O)C(O)C1O. The lowest BCUT2D eigenvalue weighted by Gasteiger charge is -2.42. The molecule has 1 saturated heterocycles. The summed E-state index contributed by atoms with van der Waals surface area (Å²) in [7, 11) is 0. The molecule has 1 saturated carbocycles. The van der Waals surface area contributed by atoms with E-state index in [9.17, 15) is 30.6 Å². The van der Waals surface area contributed by atoms with E-state index in [4.69, 9.17) is 36.1 Å². The molecule has 30 heavy (non-hydrogen) atoms. The third-order valence-electron chi connectivity index (χ3n) is 5.62. The Morgan fingerprint density at radius 1 is 0.933 bits per heavy atom. The first-order chi connectivity index (χ1) is 14.2. The second kappa shape index (κ2) is 9.68. The van der Waals surface area contributed by atoms with E-state index in [1.54, 1.807) is 0 Å². The van der Waals surface area contributed by atoms with Gasteiger partial charge in [0.25, 0.3) is 0 Å². The molecule has 0 spiro atoms. The van der Waals surface area contributed by atoms with Crippen molar-refractivity contribution in [2.24, 2.45) is 17.2 Å². The molecule has 0 amide bonds. The Balaban J connectivity index is 1.74. The Labute approximate surface area is 172 Å². The predicted molar refractivity (Wildman–Crippen MR) is 98.1 cm³/mol. The van der Waals surface area contributed by atoms with Gasteiger partial charge in [-0.15, -0.1) is 0 Å². The summed E-state index contributed by atoms with van der Waals surface area (Å²) in [6.07, 6.45) is -11.0. The molecule has 13 nitrogen and oxygen atoms in total. The molecule has 2 fully saturated rings. The predicted octanol–water partition coefficient (Wildman–Crippen LogP) is -5.46. The molecule has 2 aliphatic heterocycles. The Hall–Kier alpha value is -0.940. The van der Waals surface area contributed by atoms with E-state index in [-0.39, 0.29) is 18.7 Å². The minimum Gasteiger partial charge on any atom is -0.464 e. The lowest BCUT2D eigenvalue weighted by atomic mass is 9.85. The number of ether oxygens (including phenoxy) is 4. The number of aliphatic hydroxyl groups is 6. The van der Waals surface area contributed by atoms with Crippen LogP contribution in [0.1, 0.15) is 6.42 Å². The molecular formula is C17H31N3O10. The lowest BCUT2D eigenvalue weighted by molar-refractivity contribution is -0.244. The van der Waals surface area contributed by atoms with Gasteiger partial charge in [-0.2, -0.15) is 0 Å². The second-order valence-corrected chi connectivity index (χ2v) is 7.76. The minimum atomic E-state index is -1.43. The average Bonchev–Trinajstić information content (AvgIpc) is 2.99. The van der Waals surface area contributed by atoms with Crippen molar-refractivity contribution < 1.29 is 49.6 Å². The van der Waals surface area contributed by atoms with Crippen LogP contribution in [0, 0.1) is 0 Å². The second-order valence-electron chi connectivity index (χ2n) is 7.76. The molecule has 1 aliphatic carbocycles. The zero-order chi connectivity index (χ0) is 22.2. The number of rotatable bonds is 6. The summed E-state index contributed by atoms with van der Waals surface area (Å²) < 4.78 is 22.0. The highest BCUT2D eigenvalue weighted by molar-refractivity contribution is 5.10. The van der Waals surface area contributed by atoms with Crippen molar-refractivity contribution in [3.8, 4) is 0 Å². The van der Waals surface area contributed by atoms with Gasteiger partial charge in [-0.25, -0.2) is 0 Å². The summed E-state index contributed by atoms with van der Waals surface area (Å²) >= 11 is 0. The molecule has 2 heterocycles. The molecule has 0 aromatic heterocycles. The molecular weight excluding hydrogens is 406 g/mol. The fourth-order valence-electron chi connectivity index (χ4n) is 3.79. The lowest BCUT2D eigenvalue weighted by Crippen LogP contribution is -2.63. The minimum absolute atomic E-state index is 0.0598. The molecule has 3 aliphatic rings. The summed E-state index contributed by atoms with van der Waals surface area (Å²) in [6.45, 7) is -0.660. The van der Waals surface area contributed by atoms with Gasteiger partial charge in [0.15, 0.2) is 6.29 Å². The monoisotopic (exact) mass is 437 g/mol. The number of aliphatic hydroxyl groups excluding tert-OH is 6. The third kappa shape index (κ3) is 4.62. The van der Waals surface area contributed by atoms with Crippen LogP contribution in [-0.2, 0) is 18.9 Å². The van der Waals surface area contributed by atoms with E-state index in [0.717, 1.165) is 0 Å². The Morgan fingerprint density at radius 2 is 1.63 bits per heavy atom. The Morgan fingerprint density at radius 3 is 2.23 bits per heavy atom. The summed E-state index contributed by atoms with van der Waals surface area (Å²) in [6, 6.07) is -1.42. The first-order valence-corrected chi connectivity index (χ1v) is 9.75. The van der Waals surface area contributed by atoms with Crippen molar-refractivity contribution in [1.82, 2.24) is 0 Å². The topological polar surface area (TPSA) is 236 Å². The summed E-state index contributed by atoms with van der Waals surface area (Å²) in [5.41, 5.74) is 17.2. The molecule has 12 atom stereocenters. The maximum absolute atomic E-state index is 10.4. The van der Waals surface area contributed by atoms with E-state index < -0.39 is 80.1 Å². The van der Waals surface area contributed by atoms with E-state index >= 15 is 0 Å². The van der Waals surface area contributed by atoms with Crippen LogP contribution in [0.2, 0.25) is 0 Å². The summed E-state index contributed by atoms with van der Waals surface area (Å²) in [4.78, 5) is 0. The Kier molecular flexibility index (Phi) is 7.66. The van der Waals surface area contributed by atoms with Gasteiger partial charge in [0.05, 0.1) is 12.7 Å². The van der Waals surface area contributed by atoms with Crippen LogP contribution >= 0.6 is 0 Å². The van der Waals surface area contributed by atoms with Crippen molar-refractivity contribution >= 4 is 0 Å². The number of hydrogen-bond donors (Lipinski definition) is 9. The molecule has 0 aromatic rings. The molecule has 12 N–H and O–H groups in total. The number of nitrogens with two attached hydrogens (primary N) is 3. The van der Waals surface area contributed by atoms with E-state index in [1.807, 2.05) is 0 Å². The fourth-order valence-corrected chi connectivity index (χ4v) is 3.79. The maximum Gasteiger partial charge on any atom is 0.228 e. The van der Waals surface area contributed by atoms with Gasteiger partial charge in [0.2, 0.25) is 6.29 Å². The van der Waals surface area contributed by atoms with E-state index in [2.05, 4.69) is 0 Å². The zero-order valence-corrected chi connectivity index (χ0v) is 16.2. The highest BCUT2D eigenvalue weighted by Gasteiger charge is 2.47. The summed E-state index contributed by atoms with van der Waals surface area (Å²) in [5.74, 6) is -0.143. The zero-order valence-electron chi connectivity index (χ0n) is 16.2. The van der Waals surface area contributed by atoms with Crippen LogP contribution in [0.5, 0.6) is 0 Å². The standard InChI is InChI=1S/C17H31N3O10/c18-3-8-13(24)15(26)17(29-8)28-7-2-10(27-9(4-21)12(7)23)30-16-6(20)1-5(19)11(22)14(16)25/h2,5-6,8-17,21-26H,1,3-4,18-20H2/t5-,6?,8-,9?,10-,11?,12+,13?,14?,15?,16-,17-/m1/s1. The van der Waals surface area contributed by atoms with Gasteiger partial charge in [0.1, 0.15) is 48.5 Å². The average molecular weight is 437 g/mol. The van der Waals surface area contributed by atoms with Crippen LogP contribution in [0.4, 0.5) is 0 Å². The van der Waals surface area contributed by atoms with Crippen molar-refractivity contribution in [3.05, 3.63) is 11.8 Å². The smallest absolute Gasteiger partial charge is 0.228 e. The molecule has 13 heteroatoms. The maximum atomic E-state index is 10.4. The largest absolute Gasteiger partial charge is 0.464 e. The quantitative estimate of drug-likeness (QED) is 0.189. The highest BCUT2D eigenvalue weighted by Crippen LogP contribution is 2.30. The Bertz CT molecular complexity index is 612. The van der Waals surface area contributed by atoms with Crippen molar-refractivity contribution in [2.75, 3.05) is 13.2 Å². The molecule has 174 valence electrons. The summed E-state index contributed by atoms with van der Waals surface area (Å²) in [5, 5.41) is 60.2. The van der Waals surface area contributed by atoms with E-state index in [1.165, 1.54) is 6.08 Å². The van der Waals surface area contributed by atoms with Gasteiger partial charge < -0.3 is 66.8 Å². The third-order valence-corrected chi connectivity index (χ3v) is 5.62. The first kappa shape index (κ1) is 23.7. The van der Waals surface area contributed by atoms with Gasteiger partial charge in [-0.3, -0.25) is 0 Å². The van der Waals surface area contributed by atoms with Gasteiger partial charge in [-0.1, -0.05) is 0 Å². The van der Waals surface area contributed by atoms with Crippen LogP contribution in [0.25, 0.3) is 0 Å². The molecule has 0 radical (unpaired) electrons. The first-order valence-electron chi connectivity index (χ1n) is 9.75. The highest BCUT2D eigenvalue weighted by atomic mass is 16.7. The van der Waals surface area contributed by atoms with Crippen molar-refractivity contribution in [1.29, 1.82) is 0 Å². The number of hydrogen-bond acceptors (Lipinski definition) is 13. The van der Waals surface area contributed by atoms with Crippen molar-refractivity contribution in [2.45, 2.75) is 79.9 Å². The van der Waals surface area contributed by atoms with Crippen molar-refractivity contribution in [3.63, 3.8) is 0 Å². The molecule has 6 unspecified atom stereocenters. The van der Waals surface area contributed by atoms with Crippen LogP contribution in [0.15, 0.2) is 11.8 Å². The normalized spacial score (nSPS) is 49.7. The van der Waals surface area contributed by atoms with Gasteiger partial charge in [-0.05, 0) is 6.42 Å². The van der Waals surface area contributed by atoms with Gasteiger partial charge >= 0.3 is 0 Å². The fraction of sp³-hybridized carbons (Fsp3) is 0.882. The van der Waals surface area contributed by atoms with E-state index in [0.29, 0.717) is 0 Å². The van der Waals surface area contributed by atoms with Crippen LogP contribution in [0.3, 0.4) is 0 Å². The van der Waals surface area contributed by atoms with Crippen LogP contribution in [-0.4, -0.2) is 117 Å². The molecule has 0 bridgehead atoms. The molecule has 0 aromatic carbocycles. The molecule has 3 rings (SSSR count).